The molecule has 0 unspecified atom stereocenters. The first-order valence-corrected chi connectivity index (χ1v) is 6.38. The quantitative estimate of drug-likeness (QED) is 0.810. The number of amides is 1. The first-order chi connectivity index (χ1) is 10.1. The number of aromatic carboxylic acids is 1. The molecule has 1 amide bonds. The van der Waals surface area contributed by atoms with Crippen LogP contribution in [0.5, 0.6) is 0 Å². The Hall–Kier alpha value is -2.84. The summed E-state index contributed by atoms with van der Waals surface area (Å²) in [5.41, 5.74) is 0.424. The highest BCUT2D eigenvalue weighted by molar-refractivity contribution is 5.89. The molecule has 21 heavy (non-hydrogen) atoms. The van der Waals surface area contributed by atoms with E-state index in [1.54, 1.807) is 6.07 Å². The van der Waals surface area contributed by atoms with Crippen LogP contribution >= 0.6 is 0 Å². The van der Waals surface area contributed by atoms with Gasteiger partial charge < -0.3 is 5.11 Å². The van der Waals surface area contributed by atoms with Crippen LogP contribution in [0.3, 0.4) is 0 Å². The second-order valence-corrected chi connectivity index (χ2v) is 4.68. The van der Waals surface area contributed by atoms with Crippen LogP contribution < -0.4 is 5.32 Å². The number of carboxylic acid groups (broad SMARTS) is 1. The Kier molecular flexibility index (Phi) is 3.30. The van der Waals surface area contributed by atoms with Crippen LogP contribution in [0, 0.1) is 0 Å². The van der Waals surface area contributed by atoms with E-state index in [0.29, 0.717) is 5.69 Å². The Morgan fingerprint density at radius 1 is 1.33 bits per heavy atom. The lowest BCUT2D eigenvalue weighted by Gasteiger charge is -2.06. The third-order valence-corrected chi connectivity index (χ3v) is 3.05. The highest BCUT2D eigenvalue weighted by atomic mass is 16.4. The van der Waals surface area contributed by atoms with Gasteiger partial charge in [0.25, 0.3) is 0 Å². The Morgan fingerprint density at radius 2 is 2.05 bits per heavy atom. The van der Waals surface area contributed by atoms with Crippen molar-refractivity contribution in [2.24, 2.45) is 0 Å². The smallest absolute Gasteiger partial charge is 0.358 e. The molecule has 9 nitrogen and oxygen atoms in total. The summed E-state index contributed by atoms with van der Waals surface area (Å²) in [4.78, 5) is 30.8. The van der Waals surface area contributed by atoms with Gasteiger partial charge in [-0.2, -0.15) is 0 Å². The third kappa shape index (κ3) is 2.86. The van der Waals surface area contributed by atoms with Gasteiger partial charge in [0.15, 0.2) is 5.69 Å². The maximum Gasteiger partial charge on any atom is 0.358 e. The van der Waals surface area contributed by atoms with Crippen LogP contribution in [-0.4, -0.2) is 41.9 Å². The van der Waals surface area contributed by atoms with E-state index in [1.165, 1.54) is 17.1 Å². The molecule has 1 saturated carbocycles. The molecule has 0 radical (unpaired) electrons. The van der Waals surface area contributed by atoms with E-state index in [1.807, 2.05) is 0 Å². The molecule has 0 aliphatic heterocycles. The zero-order chi connectivity index (χ0) is 14.8. The number of anilines is 1. The molecule has 108 valence electrons. The van der Waals surface area contributed by atoms with Gasteiger partial charge in [-0.25, -0.2) is 19.4 Å². The van der Waals surface area contributed by atoms with Crippen molar-refractivity contribution >= 4 is 17.8 Å². The summed E-state index contributed by atoms with van der Waals surface area (Å²) in [5, 5.41) is 19.0. The Labute approximate surface area is 119 Å². The van der Waals surface area contributed by atoms with Gasteiger partial charge in [0.2, 0.25) is 11.9 Å². The fourth-order valence-corrected chi connectivity index (χ4v) is 2.01. The molecule has 2 N–H and O–H groups in total. The molecule has 0 saturated heterocycles. The first kappa shape index (κ1) is 13.2. The maximum atomic E-state index is 11.9. The highest BCUT2D eigenvalue weighted by Crippen LogP contribution is 2.41. The fraction of sp³-hybridized carbons (Fsp3) is 0.333. The van der Waals surface area contributed by atoms with Gasteiger partial charge in [0.05, 0.1) is 5.69 Å². The molecule has 3 rings (SSSR count). The summed E-state index contributed by atoms with van der Waals surface area (Å²) in [6.07, 6.45) is 4.79. The van der Waals surface area contributed by atoms with Gasteiger partial charge >= 0.3 is 5.97 Å². The summed E-state index contributed by atoms with van der Waals surface area (Å²) >= 11 is 0. The average Bonchev–Trinajstić information content (AvgIpc) is 3.21. The normalized spacial score (nSPS) is 13.9. The largest absolute Gasteiger partial charge is 0.476 e. The second kappa shape index (κ2) is 5.27. The summed E-state index contributed by atoms with van der Waals surface area (Å²) in [6, 6.07) is 1.64. The fourth-order valence-electron chi connectivity index (χ4n) is 2.01. The van der Waals surface area contributed by atoms with Gasteiger partial charge in [-0.05, 0) is 18.9 Å². The Morgan fingerprint density at radius 3 is 2.67 bits per heavy atom. The molecule has 1 aliphatic rings. The lowest BCUT2D eigenvalue weighted by Crippen LogP contribution is -2.22. The molecule has 2 aromatic rings. The van der Waals surface area contributed by atoms with Crippen LogP contribution in [0.2, 0.25) is 0 Å². The average molecular weight is 288 g/mol. The molecule has 2 aromatic heterocycles. The number of hydrogen-bond donors (Lipinski definition) is 2. The predicted molar refractivity (Wildman–Crippen MR) is 69.6 cm³/mol. The van der Waals surface area contributed by atoms with Gasteiger partial charge in [-0.1, -0.05) is 5.21 Å². The SMILES string of the molecule is O=C(Cn1nnc(C(=O)O)c1C1CC1)Nc1ncccn1. The van der Waals surface area contributed by atoms with Crippen LogP contribution in [0.4, 0.5) is 5.95 Å². The molecule has 1 aliphatic carbocycles. The number of carboxylic acids is 1. The third-order valence-electron chi connectivity index (χ3n) is 3.05. The highest BCUT2D eigenvalue weighted by Gasteiger charge is 2.34. The standard InChI is InChI=1S/C12H12N6O3/c19-8(15-12-13-4-1-5-14-12)6-18-10(7-2-3-7)9(11(20)21)16-17-18/h1,4-5,7H,2-3,6H2,(H,20,21)(H,13,14,15,19). The minimum Gasteiger partial charge on any atom is -0.476 e. The molecule has 1 fully saturated rings. The number of hydrogen-bond acceptors (Lipinski definition) is 6. The zero-order valence-corrected chi connectivity index (χ0v) is 10.9. The summed E-state index contributed by atoms with van der Waals surface area (Å²) in [7, 11) is 0. The van der Waals surface area contributed by atoms with Crippen LogP contribution in [-0.2, 0) is 11.3 Å². The molecule has 0 aromatic carbocycles. The van der Waals surface area contributed by atoms with E-state index in [4.69, 9.17) is 5.11 Å². The van der Waals surface area contributed by atoms with Crippen molar-refractivity contribution in [1.82, 2.24) is 25.0 Å². The molecule has 0 atom stereocenters. The minimum atomic E-state index is -1.13. The number of aromatic nitrogens is 5. The van der Waals surface area contributed by atoms with Crippen molar-refractivity contribution in [3.8, 4) is 0 Å². The number of rotatable bonds is 5. The predicted octanol–water partition coefficient (Wildman–Crippen LogP) is 0.282. The van der Waals surface area contributed by atoms with Crippen LogP contribution in [0.15, 0.2) is 18.5 Å². The Balaban J connectivity index is 1.76. The minimum absolute atomic E-state index is 0.0822. The summed E-state index contributed by atoms with van der Waals surface area (Å²) < 4.78 is 1.33. The van der Waals surface area contributed by atoms with Crippen molar-refractivity contribution in [3.63, 3.8) is 0 Å². The summed E-state index contributed by atoms with van der Waals surface area (Å²) in [6.45, 7) is -0.121. The maximum absolute atomic E-state index is 11.9. The van der Waals surface area contributed by atoms with Gasteiger partial charge in [-0.3, -0.25) is 10.1 Å². The molecule has 9 heteroatoms. The monoisotopic (exact) mass is 288 g/mol. The lowest BCUT2D eigenvalue weighted by atomic mass is 10.2. The number of nitrogens with one attached hydrogen (secondary N) is 1. The zero-order valence-electron chi connectivity index (χ0n) is 10.9. The van der Waals surface area contributed by atoms with E-state index in [0.717, 1.165) is 12.8 Å². The van der Waals surface area contributed by atoms with E-state index in [9.17, 15) is 9.59 Å². The van der Waals surface area contributed by atoms with Gasteiger partial charge in [0, 0.05) is 18.3 Å². The lowest BCUT2D eigenvalue weighted by molar-refractivity contribution is -0.117. The van der Waals surface area contributed by atoms with Crippen molar-refractivity contribution in [2.45, 2.75) is 25.3 Å². The van der Waals surface area contributed by atoms with Gasteiger partial charge in [0.1, 0.15) is 6.54 Å². The van der Waals surface area contributed by atoms with Crippen molar-refractivity contribution in [2.75, 3.05) is 5.32 Å². The van der Waals surface area contributed by atoms with E-state index in [-0.39, 0.29) is 30.0 Å². The van der Waals surface area contributed by atoms with Crippen molar-refractivity contribution < 1.29 is 14.7 Å². The summed E-state index contributed by atoms with van der Waals surface area (Å²) in [5.74, 6) is -1.21. The first-order valence-electron chi connectivity index (χ1n) is 6.38. The van der Waals surface area contributed by atoms with E-state index >= 15 is 0 Å². The molecule has 0 bridgehead atoms. The Bertz CT molecular complexity index is 680. The number of carbonyl (C=O) groups excluding carboxylic acids is 1. The van der Waals surface area contributed by atoms with Crippen LogP contribution in [0.25, 0.3) is 0 Å². The topological polar surface area (TPSA) is 123 Å². The molecule has 2 heterocycles. The molecular formula is C12H12N6O3. The molecular weight excluding hydrogens is 276 g/mol. The second-order valence-electron chi connectivity index (χ2n) is 4.68. The van der Waals surface area contributed by atoms with Crippen LogP contribution in [0.1, 0.15) is 34.9 Å². The number of carbonyl (C=O) groups is 2. The van der Waals surface area contributed by atoms with Crippen molar-refractivity contribution in [1.29, 1.82) is 0 Å². The van der Waals surface area contributed by atoms with Crippen molar-refractivity contribution in [3.05, 3.63) is 29.8 Å². The van der Waals surface area contributed by atoms with E-state index in [2.05, 4.69) is 25.6 Å². The molecule has 0 spiro atoms. The number of nitrogens with zero attached hydrogens (tertiary/aromatic N) is 5. The van der Waals surface area contributed by atoms with Gasteiger partial charge in [-0.15, -0.1) is 5.10 Å². The van der Waals surface area contributed by atoms with E-state index < -0.39 is 5.97 Å².